The van der Waals surface area contributed by atoms with Crippen molar-refractivity contribution in [3.8, 4) is 5.75 Å². The molecule has 5 rings (SSSR count). The molecule has 164 valence electrons. The van der Waals surface area contributed by atoms with Crippen LogP contribution in [0.3, 0.4) is 0 Å². The van der Waals surface area contributed by atoms with E-state index in [-0.39, 0.29) is 17.7 Å². The van der Waals surface area contributed by atoms with E-state index in [1.54, 1.807) is 17.2 Å². The van der Waals surface area contributed by atoms with Crippen molar-refractivity contribution < 1.29 is 18.3 Å². The van der Waals surface area contributed by atoms with E-state index < -0.39 is 11.6 Å². The number of carbonyl (C=O) groups is 1. The number of hydrogen-bond acceptors (Lipinski definition) is 7. The Morgan fingerprint density at radius 2 is 2.19 bits per heavy atom. The largest absolute Gasteiger partial charge is 0.450 e. The molecule has 1 atom stereocenters. The summed E-state index contributed by atoms with van der Waals surface area (Å²) in [5.41, 5.74) is 0.698. The Balaban J connectivity index is 1.38. The van der Waals surface area contributed by atoms with E-state index in [4.69, 9.17) is 4.74 Å². The quantitative estimate of drug-likeness (QED) is 0.723. The van der Waals surface area contributed by atoms with E-state index >= 15 is 0 Å². The zero-order chi connectivity index (χ0) is 22.2. The van der Waals surface area contributed by atoms with Gasteiger partial charge in [0.05, 0.1) is 6.54 Å². The van der Waals surface area contributed by atoms with Crippen LogP contribution in [0.2, 0.25) is 0 Å². The molecular weight excluding hydrogens is 418 g/mol. The lowest BCUT2D eigenvalue weighted by atomic mass is 10.1. The Hall–Kier alpha value is -3.82. The van der Waals surface area contributed by atoms with Gasteiger partial charge in [-0.3, -0.25) is 9.79 Å². The molecule has 1 saturated heterocycles. The second-order valence-corrected chi connectivity index (χ2v) is 7.63. The molecule has 1 fully saturated rings. The molecule has 10 heteroatoms. The Morgan fingerprint density at radius 3 is 3.00 bits per heavy atom. The van der Waals surface area contributed by atoms with Crippen LogP contribution in [0.5, 0.6) is 5.75 Å². The first-order valence-electron chi connectivity index (χ1n) is 10.2. The van der Waals surface area contributed by atoms with Crippen molar-refractivity contribution in [3.63, 3.8) is 0 Å². The number of anilines is 2. The second kappa shape index (κ2) is 8.03. The number of hydrogen-bond donors (Lipinski definition) is 1. The molecule has 0 bridgehead atoms. The van der Waals surface area contributed by atoms with Gasteiger partial charge in [0.1, 0.15) is 11.6 Å². The number of ether oxygens (including phenoxy) is 1. The third-order valence-electron chi connectivity index (χ3n) is 5.52. The number of rotatable bonds is 5. The number of benzene rings is 1. The van der Waals surface area contributed by atoms with Crippen LogP contribution >= 0.6 is 0 Å². The van der Waals surface area contributed by atoms with Crippen molar-refractivity contribution >= 4 is 29.6 Å². The summed E-state index contributed by atoms with van der Waals surface area (Å²) in [6, 6.07) is 3.20. The smallest absolute Gasteiger partial charge is 0.246 e. The number of aliphatic imine (C=N–C) groups is 1. The molecule has 2 aromatic rings. The summed E-state index contributed by atoms with van der Waals surface area (Å²) in [6.45, 7) is 5.87. The molecule has 0 radical (unpaired) electrons. The van der Waals surface area contributed by atoms with Crippen LogP contribution in [0.25, 0.3) is 6.08 Å². The summed E-state index contributed by atoms with van der Waals surface area (Å²) in [7, 11) is 0. The molecule has 0 spiro atoms. The molecule has 1 aromatic carbocycles. The van der Waals surface area contributed by atoms with Gasteiger partial charge in [0.2, 0.25) is 11.9 Å². The van der Waals surface area contributed by atoms with Crippen LogP contribution in [0, 0.1) is 11.6 Å². The molecule has 1 N–H and O–H groups in total. The van der Waals surface area contributed by atoms with Crippen LogP contribution in [0.15, 0.2) is 47.8 Å². The van der Waals surface area contributed by atoms with E-state index in [0.29, 0.717) is 55.1 Å². The molecule has 8 nitrogen and oxygen atoms in total. The zero-order valence-corrected chi connectivity index (χ0v) is 17.1. The van der Waals surface area contributed by atoms with Crippen molar-refractivity contribution in [2.75, 3.05) is 36.4 Å². The molecule has 32 heavy (non-hydrogen) atoms. The first kappa shape index (κ1) is 20.1. The summed E-state index contributed by atoms with van der Waals surface area (Å²) in [6.07, 6.45) is 5.46. The topological polar surface area (TPSA) is 83.0 Å². The van der Waals surface area contributed by atoms with Crippen molar-refractivity contribution in [1.82, 2.24) is 14.9 Å². The van der Waals surface area contributed by atoms with Gasteiger partial charge >= 0.3 is 0 Å². The number of aromatic nitrogens is 2. The average Bonchev–Trinajstić information content (AvgIpc) is 3.46. The zero-order valence-electron chi connectivity index (χ0n) is 17.1. The second-order valence-electron chi connectivity index (χ2n) is 7.63. The Bertz CT molecular complexity index is 1170. The number of halogens is 2. The Labute approximate surface area is 182 Å². The highest BCUT2D eigenvalue weighted by molar-refractivity contribution is 6.15. The van der Waals surface area contributed by atoms with Crippen LogP contribution in [-0.4, -0.2) is 58.8 Å². The van der Waals surface area contributed by atoms with Gasteiger partial charge in [-0.15, -0.1) is 0 Å². The summed E-state index contributed by atoms with van der Waals surface area (Å²) < 4.78 is 33.0. The Kier molecular flexibility index (Phi) is 5.04. The van der Waals surface area contributed by atoms with E-state index in [0.717, 1.165) is 18.6 Å². The number of nitrogens with zero attached hydrogens (tertiary/aromatic N) is 5. The fourth-order valence-electron chi connectivity index (χ4n) is 3.98. The number of fused-ring (bicyclic) bond motifs is 3. The summed E-state index contributed by atoms with van der Waals surface area (Å²) in [5.74, 6) is 0.360. The maximum absolute atomic E-state index is 14.1. The van der Waals surface area contributed by atoms with Gasteiger partial charge in [-0.05, 0) is 30.7 Å². The number of amides is 1. The van der Waals surface area contributed by atoms with Crippen molar-refractivity contribution in [3.05, 3.63) is 60.0 Å². The highest BCUT2D eigenvalue weighted by Crippen LogP contribution is 2.33. The van der Waals surface area contributed by atoms with Gasteiger partial charge < -0.3 is 19.9 Å². The number of likely N-dealkylation sites (tertiary alicyclic amines) is 1. The predicted molar refractivity (Wildman–Crippen MR) is 115 cm³/mol. The summed E-state index contributed by atoms with van der Waals surface area (Å²) in [5, 5.41) is 3.29. The minimum absolute atomic E-state index is 0.0446. The van der Waals surface area contributed by atoms with Crippen molar-refractivity contribution in [1.29, 1.82) is 0 Å². The third-order valence-corrected chi connectivity index (χ3v) is 5.52. The fourth-order valence-corrected chi connectivity index (χ4v) is 3.98. The lowest BCUT2D eigenvalue weighted by Crippen LogP contribution is -2.35. The molecule has 1 aromatic heterocycles. The van der Waals surface area contributed by atoms with Crippen molar-refractivity contribution in [2.45, 2.75) is 12.5 Å². The summed E-state index contributed by atoms with van der Waals surface area (Å²) in [4.78, 5) is 28.9. The molecule has 4 heterocycles. The molecule has 1 amide bonds. The predicted octanol–water partition coefficient (Wildman–Crippen LogP) is 2.61. The van der Waals surface area contributed by atoms with Crippen LogP contribution < -0.4 is 15.0 Å². The van der Waals surface area contributed by atoms with Crippen LogP contribution in [0.1, 0.15) is 12.0 Å². The molecule has 0 saturated carbocycles. The highest BCUT2D eigenvalue weighted by atomic mass is 19.1. The van der Waals surface area contributed by atoms with Gasteiger partial charge in [-0.1, -0.05) is 6.58 Å². The molecule has 3 aliphatic heterocycles. The molecule has 1 unspecified atom stereocenters. The molecular formula is C22H20F2N6O2. The lowest BCUT2D eigenvalue weighted by Gasteiger charge is -2.27. The van der Waals surface area contributed by atoms with Crippen LogP contribution in [-0.2, 0) is 4.79 Å². The average molecular weight is 438 g/mol. The minimum Gasteiger partial charge on any atom is -0.450 e. The number of amidine groups is 1. The van der Waals surface area contributed by atoms with Gasteiger partial charge in [0, 0.05) is 43.5 Å². The van der Waals surface area contributed by atoms with E-state index in [2.05, 4.69) is 26.9 Å². The van der Waals surface area contributed by atoms with Gasteiger partial charge in [-0.25, -0.2) is 13.8 Å². The maximum atomic E-state index is 14.1. The first-order chi connectivity index (χ1) is 15.5. The monoisotopic (exact) mass is 438 g/mol. The molecule has 0 aliphatic carbocycles. The number of nitrogens with one attached hydrogen (secondary N) is 1. The minimum atomic E-state index is -0.793. The summed E-state index contributed by atoms with van der Waals surface area (Å²) >= 11 is 0. The number of carbonyl (C=O) groups excluding carboxylic acids is 1. The normalized spacial score (nSPS) is 19.1. The Morgan fingerprint density at radius 1 is 1.31 bits per heavy atom. The van der Waals surface area contributed by atoms with Crippen LogP contribution in [0.4, 0.5) is 20.5 Å². The third kappa shape index (κ3) is 3.68. The standard InChI is InChI=1S/C22H20F2N6O2/c1-2-19(31)29-7-5-15(12-29)27-22-26-11-13-9-18(21-25-6-8-30(21)20(13)28-22)32-17-4-3-14(23)10-16(17)24/h2-4,9-11,15H,1,5-8,12H2,(H,26,27,28). The fraction of sp³-hybridized carbons (Fsp3) is 0.273. The SMILES string of the molecule is C=CC(=O)N1CCC(Nc2ncc3c(n2)N2CCN=C2C(Oc2ccc(F)cc2F)=C3)C1. The van der Waals surface area contributed by atoms with E-state index in [9.17, 15) is 13.6 Å². The lowest BCUT2D eigenvalue weighted by molar-refractivity contribution is -0.125. The molecule has 3 aliphatic rings. The van der Waals surface area contributed by atoms with E-state index in [1.807, 2.05) is 4.90 Å². The van der Waals surface area contributed by atoms with E-state index in [1.165, 1.54) is 12.1 Å². The highest BCUT2D eigenvalue weighted by Gasteiger charge is 2.32. The van der Waals surface area contributed by atoms with Gasteiger partial charge in [0.15, 0.2) is 23.2 Å². The first-order valence-corrected chi connectivity index (χ1v) is 10.2. The van der Waals surface area contributed by atoms with Crippen molar-refractivity contribution in [2.24, 2.45) is 4.99 Å². The van der Waals surface area contributed by atoms with Gasteiger partial charge in [-0.2, -0.15) is 4.98 Å². The van der Waals surface area contributed by atoms with Gasteiger partial charge in [0.25, 0.3) is 0 Å². The maximum Gasteiger partial charge on any atom is 0.246 e.